The van der Waals surface area contributed by atoms with Gasteiger partial charge in [0.05, 0.1) is 17.3 Å². The van der Waals surface area contributed by atoms with E-state index in [1.54, 1.807) is 24.4 Å². The summed E-state index contributed by atoms with van der Waals surface area (Å²) in [4.78, 5) is 18.0. The molecule has 0 saturated carbocycles. The lowest BCUT2D eigenvalue weighted by atomic mass is 10.0. The number of aromatic nitrogens is 1. The molecule has 4 aromatic rings. The Morgan fingerprint density at radius 1 is 1.03 bits per heavy atom. The van der Waals surface area contributed by atoms with Crippen molar-refractivity contribution in [1.29, 1.82) is 0 Å². The molecule has 0 radical (unpaired) electrons. The first-order chi connectivity index (χ1) is 17.1. The van der Waals surface area contributed by atoms with Gasteiger partial charge >= 0.3 is 5.97 Å². The maximum atomic E-state index is 11.4. The van der Waals surface area contributed by atoms with Crippen LogP contribution in [0.1, 0.15) is 33.9 Å². The first kappa shape index (κ1) is 21.2. The Balaban J connectivity index is 1.43. The van der Waals surface area contributed by atoms with Gasteiger partial charge in [0.1, 0.15) is 17.6 Å². The van der Waals surface area contributed by atoms with Crippen LogP contribution in [-0.4, -0.2) is 28.0 Å². The van der Waals surface area contributed by atoms with E-state index in [1.165, 1.54) is 0 Å². The van der Waals surface area contributed by atoms with Crippen molar-refractivity contribution in [3.05, 3.63) is 96.0 Å². The monoisotopic (exact) mass is 485 g/mol. The molecule has 0 bridgehead atoms. The smallest absolute Gasteiger partial charge is 0.335 e. The standard InChI is InChI=1S/C26H19N3O5S/c30-25(31)16-5-3-4-15(12-16)19-9-10-21(34-19)24-23(18-6-1-2-11-27-18)28-26(35)29(24)17-7-8-20-22(13-17)33-14-32-20/h1-13,23-24H,14H2,(H,28,35)(H,30,31)/t23-,24+/m0/s1. The molecule has 0 unspecified atom stereocenters. The zero-order chi connectivity index (χ0) is 23.9. The fourth-order valence-electron chi connectivity index (χ4n) is 4.43. The Bertz CT molecular complexity index is 1440. The van der Waals surface area contributed by atoms with Gasteiger partial charge in [-0.3, -0.25) is 4.98 Å². The number of thiocarbonyl (C=S) groups is 1. The van der Waals surface area contributed by atoms with Gasteiger partial charge in [-0.15, -0.1) is 0 Å². The van der Waals surface area contributed by atoms with Crippen LogP contribution >= 0.6 is 12.2 Å². The predicted molar refractivity (Wildman–Crippen MR) is 132 cm³/mol. The molecule has 1 fully saturated rings. The minimum atomic E-state index is -0.992. The van der Waals surface area contributed by atoms with Crippen LogP contribution in [0, 0.1) is 0 Å². The number of benzene rings is 2. The second kappa shape index (κ2) is 8.44. The molecule has 9 heteroatoms. The molecule has 2 atom stereocenters. The van der Waals surface area contributed by atoms with E-state index in [1.807, 2.05) is 59.5 Å². The summed E-state index contributed by atoms with van der Waals surface area (Å²) in [5.41, 5.74) is 2.50. The van der Waals surface area contributed by atoms with Gasteiger partial charge in [-0.2, -0.15) is 0 Å². The molecule has 0 spiro atoms. The quantitative estimate of drug-likeness (QED) is 0.381. The van der Waals surface area contributed by atoms with Crippen molar-refractivity contribution in [1.82, 2.24) is 10.3 Å². The van der Waals surface area contributed by atoms with Gasteiger partial charge in [-0.05, 0) is 60.7 Å². The van der Waals surface area contributed by atoms with E-state index in [4.69, 9.17) is 26.1 Å². The van der Waals surface area contributed by atoms with Crippen LogP contribution in [0.3, 0.4) is 0 Å². The van der Waals surface area contributed by atoms with Crippen LogP contribution in [-0.2, 0) is 0 Å². The summed E-state index contributed by atoms with van der Waals surface area (Å²) < 4.78 is 17.4. The number of pyridine rings is 1. The van der Waals surface area contributed by atoms with Crippen molar-refractivity contribution in [2.45, 2.75) is 12.1 Å². The van der Waals surface area contributed by atoms with E-state index >= 15 is 0 Å². The van der Waals surface area contributed by atoms with Gasteiger partial charge in [-0.25, -0.2) is 4.79 Å². The van der Waals surface area contributed by atoms with Crippen molar-refractivity contribution in [2.75, 3.05) is 11.7 Å². The summed E-state index contributed by atoms with van der Waals surface area (Å²) in [7, 11) is 0. The van der Waals surface area contributed by atoms with Crippen molar-refractivity contribution in [3.8, 4) is 22.8 Å². The number of carboxylic acids is 1. The SMILES string of the molecule is O=C(O)c1cccc(-c2ccc([C@@H]3[C@H](c4ccccn4)NC(=S)N3c3ccc4c(c3)OCO4)o2)c1. The van der Waals surface area contributed by atoms with E-state index in [0.29, 0.717) is 33.7 Å². The summed E-state index contributed by atoms with van der Waals surface area (Å²) in [6.07, 6.45) is 1.74. The molecule has 2 aromatic carbocycles. The zero-order valence-electron chi connectivity index (χ0n) is 18.3. The van der Waals surface area contributed by atoms with Gasteiger partial charge in [-0.1, -0.05) is 18.2 Å². The Kier molecular flexibility index (Phi) is 5.11. The maximum Gasteiger partial charge on any atom is 0.335 e. The van der Waals surface area contributed by atoms with Gasteiger partial charge in [0.15, 0.2) is 16.6 Å². The van der Waals surface area contributed by atoms with Crippen molar-refractivity contribution >= 4 is 29.0 Å². The summed E-state index contributed by atoms with van der Waals surface area (Å²) >= 11 is 5.76. The van der Waals surface area contributed by atoms with E-state index in [9.17, 15) is 9.90 Å². The molecule has 0 amide bonds. The fraction of sp³-hybridized carbons (Fsp3) is 0.115. The second-order valence-electron chi connectivity index (χ2n) is 8.12. The number of hydrogen-bond donors (Lipinski definition) is 2. The number of nitrogens with zero attached hydrogens (tertiary/aromatic N) is 2. The van der Waals surface area contributed by atoms with Crippen LogP contribution in [0.2, 0.25) is 0 Å². The molecule has 8 nitrogen and oxygen atoms in total. The third-order valence-corrected chi connectivity index (χ3v) is 6.36. The third-order valence-electron chi connectivity index (χ3n) is 6.04. The molecular weight excluding hydrogens is 466 g/mol. The lowest BCUT2D eigenvalue weighted by molar-refractivity contribution is 0.0697. The highest BCUT2D eigenvalue weighted by molar-refractivity contribution is 7.80. The number of carbonyl (C=O) groups is 1. The second-order valence-corrected chi connectivity index (χ2v) is 8.51. The lowest BCUT2D eigenvalue weighted by Gasteiger charge is -2.26. The number of carboxylic acid groups (broad SMARTS) is 1. The van der Waals surface area contributed by atoms with Gasteiger partial charge in [0.25, 0.3) is 0 Å². The molecule has 35 heavy (non-hydrogen) atoms. The number of anilines is 1. The zero-order valence-corrected chi connectivity index (χ0v) is 19.1. The highest BCUT2D eigenvalue weighted by Crippen LogP contribution is 2.45. The van der Waals surface area contributed by atoms with E-state index in [2.05, 4.69) is 10.3 Å². The van der Waals surface area contributed by atoms with Gasteiger partial charge in [0, 0.05) is 23.5 Å². The van der Waals surface area contributed by atoms with Crippen LogP contribution in [0.5, 0.6) is 11.5 Å². The molecule has 6 rings (SSSR count). The largest absolute Gasteiger partial charge is 0.478 e. The average Bonchev–Trinajstić information content (AvgIpc) is 3.62. The van der Waals surface area contributed by atoms with E-state index in [-0.39, 0.29) is 24.4 Å². The normalized spacial score (nSPS) is 18.5. The summed E-state index contributed by atoms with van der Waals surface area (Å²) in [6.45, 7) is 0.179. The molecule has 2 N–H and O–H groups in total. The van der Waals surface area contributed by atoms with Crippen LogP contribution in [0.4, 0.5) is 5.69 Å². The highest BCUT2D eigenvalue weighted by atomic mass is 32.1. The first-order valence-electron chi connectivity index (χ1n) is 10.9. The predicted octanol–water partition coefficient (Wildman–Crippen LogP) is 4.95. The number of fused-ring (bicyclic) bond motifs is 1. The van der Waals surface area contributed by atoms with Crippen molar-refractivity contribution in [2.24, 2.45) is 0 Å². The van der Waals surface area contributed by atoms with Crippen molar-refractivity contribution in [3.63, 3.8) is 0 Å². The van der Waals surface area contributed by atoms with Gasteiger partial charge in [0.2, 0.25) is 6.79 Å². The Hall–Kier alpha value is -4.37. The van der Waals surface area contributed by atoms with Crippen LogP contribution in [0.15, 0.2) is 83.4 Å². The summed E-state index contributed by atoms with van der Waals surface area (Å²) in [5, 5.41) is 13.3. The number of furan rings is 1. The number of rotatable bonds is 5. The minimum absolute atomic E-state index is 0.179. The number of aromatic carboxylic acids is 1. The van der Waals surface area contributed by atoms with Crippen LogP contribution < -0.4 is 19.7 Å². The maximum absolute atomic E-state index is 11.4. The average molecular weight is 486 g/mol. The number of hydrogen-bond acceptors (Lipinski definition) is 6. The van der Waals surface area contributed by atoms with E-state index in [0.717, 1.165) is 11.4 Å². The number of ether oxygens (including phenoxy) is 2. The van der Waals surface area contributed by atoms with Crippen LogP contribution in [0.25, 0.3) is 11.3 Å². The third kappa shape index (κ3) is 3.75. The molecule has 2 aromatic heterocycles. The first-order valence-corrected chi connectivity index (χ1v) is 11.3. The molecule has 174 valence electrons. The Morgan fingerprint density at radius 2 is 1.91 bits per heavy atom. The minimum Gasteiger partial charge on any atom is -0.478 e. The summed E-state index contributed by atoms with van der Waals surface area (Å²) in [6, 6.07) is 21.2. The van der Waals surface area contributed by atoms with Gasteiger partial charge < -0.3 is 29.2 Å². The number of nitrogens with one attached hydrogen (secondary N) is 1. The molecule has 4 heterocycles. The lowest BCUT2D eigenvalue weighted by Crippen LogP contribution is -2.29. The molecule has 1 saturated heterocycles. The molecule has 2 aliphatic rings. The Labute approximate surface area is 205 Å². The molecule has 2 aliphatic heterocycles. The highest BCUT2D eigenvalue weighted by Gasteiger charge is 2.43. The molecule has 0 aliphatic carbocycles. The Morgan fingerprint density at radius 3 is 2.74 bits per heavy atom. The fourth-order valence-corrected chi connectivity index (χ4v) is 4.78. The topological polar surface area (TPSA) is 97.1 Å². The molecular formula is C26H19N3O5S. The van der Waals surface area contributed by atoms with Crippen molar-refractivity contribution < 1.29 is 23.8 Å². The summed E-state index contributed by atoms with van der Waals surface area (Å²) in [5.74, 6) is 1.56. The van der Waals surface area contributed by atoms with E-state index < -0.39 is 5.97 Å².